The van der Waals surface area contributed by atoms with Crippen LogP contribution in [0.15, 0.2) is 16.7 Å². The highest BCUT2D eigenvalue weighted by molar-refractivity contribution is 5.94. The first-order chi connectivity index (χ1) is 9.08. The Kier molecular flexibility index (Phi) is 4.30. The second-order valence-corrected chi connectivity index (χ2v) is 5.58. The number of carbonyl (C=O) groups excluding carboxylic acids is 1. The maximum atomic E-state index is 12.6. The van der Waals surface area contributed by atoms with Crippen LogP contribution >= 0.6 is 0 Å². The molecule has 2 rings (SSSR count). The van der Waals surface area contributed by atoms with Crippen molar-refractivity contribution in [2.75, 3.05) is 0 Å². The molecule has 4 heteroatoms. The molecule has 0 aliphatic heterocycles. The fourth-order valence-electron chi connectivity index (χ4n) is 2.40. The molecule has 106 valence electrons. The Morgan fingerprint density at radius 3 is 2.68 bits per heavy atom. The van der Waals surface area contributed by atoms with Crippen LogP contribution in [0.3, 0.4) is 0 Å². The van der Waals surface area contributed by atoms with E-state index in [-0.39, 0.29) is 11.9 Å². The summed E-state index contributed by atoms with van der Waals surface area (Å²) < 4.78 is 5.28. The van der Waals surface area contributed by atoms with Gasteiger partial charge in [0.05, 0.1) is 12.1 Å². The van der Waals surface area contributed by atoms with Crippen molar-refractivity contribution < 1.29 is 9.21 Å². The maximum absolute atomic E-state index is 12.6. The average Bonchev–Trinajstić information content (AvgIpc) is 3.13. The summed E-state index contributed by atoms with van der Waals surface area (Å²) in [5.74, 6) is 1.25. The first kappa shape index (κ1) is 14.1. The SMILES string of the molecule is CCC(C)C(C)N(C(=O)c1coc(CN)c1)C1CC1. The van der Waals surface area contributed by atoms with Gasteiger partial charge in [0, 0.05) is 12.1 Å². The van der Waals surface area contributed by atoms with E-state index in [2.05, 4.69) is 20.8 Å². The molecular formula is C15H24N2O2. The Bertz CT molecular complexity index is 437. The van der Waals surface area contributed by atoms with Gasteiger partial charge in [-0.2, -0.15) is 0 Å². The molecule has 1 aromatic rings. The van der Waals surface area contributed by atoms with Crippen LogP contribution in [-0.2, 0) is 6.54 Å². The Hall–Kier alpha value is -1.29. The van der Waals surface area contributed by atoms with E-state index in [4.69, 9.17) is 10.2 Å². The lowest BCUT2D eigenvalue weighted by Gasteiger charge is -2.33. The van der Waals surface area contributed by atoms with Gasteiger partial charge in [0.25, 0.3) is 5.91 Å². The smallest absolute Gasteiger partial charge is 0.257 e. The zero-order valence-corrected chi connectivity index (χ0v) is 12.1. The van der Waals surface area contributed by atoms with E-state index in [1.807, 2.05) is 4.90 Å². The summed E-state index contributed by atoms with van der Waals surface area (Å²) in [6.07, 6.45) is 4.85. The summed E-state index contributed by atoms with van der Waals surface area (Å²) in [6, 6.07) is 2.44. The third-order valence-electron chi connectivity index (χ3n) is 4.18. The lowest BCUT2D eigenvalue weighted by molar-refractivity contribution is 0.0615. The zero-order chi connectivity index (χ0) is 14.0. The van der Waals surface area contributed by atoms with E-state index < -0.39 is 0 Å². The van der Waals surface area contributed by atoms with Gasteiger partial charge >= 0.3 is 0 Å². The third kappa shape index (κ3) is 3.00. The van der Waals surface area contributed by atoms with Crippen LogP contribution in [0.25, 0.3) is 0 Å². The number of hydrogen-bond acceptors (Lipinski definition) is 3. The molecule has 0 radical (unpaired) electrons. The molecule has 2 N–H and O–H groups in total. The number of nitrogens with two attached hydrogens (primary N) is 1. The maximum Gasteiger partial charge on any atom is 0.257 e. The van der Waals surface area contributed by atoms with Gasteiger partial charge in [0.1, 0.15) is 12.0 Å². The number of rotatable bonds is 6. The summed E-state index contributed by atoms with van der Waals surface area (Å²) in [4.78, 5) is 14.7. The molecule has 2 atom stereocenters. The van der Waals surface area contributed by atoms with Crippen molar-refractivity contribution in [1.82, 2.24) is 4.90 Å². The largest absolute Gasteiger partial charge is 0.467 e. The monoisotopic (exact) mass is 264 g/mol. The van der Waals surface area contributed by atoms with Crippen LogP contribution in [0.1, 0.15) is 56.2 Å². The number of nitrogens with zero attached hydrogens (tertiary/aromatic N) is 1. The number of furan rings is 1. The highest BCUT2D eigenvalue weighted by atomic mass is 16.3. The molecule has 2 unspecified atom stereocenters. The van der Waals surface area contributed by atoms with Crippen LogP contribution in [0.2, 0.25) is 0 Å². The number of carbonyl (C=O) groups is 1. The third-order valence-corrected chi connectivity index (χ3v) is 4.18. The standard InChI is InChI=1S/C15H24N2O2/c1-4-10(2)11(3)17(13-5-6-13)15(18)12-7-14(8-16)19-9-12/h7,9-11,13H,4-6,8,16H2,1-3H3. The first-order valence-corrected chi connectivity index (χ1v) is 7.18. The van der Waals surface area contributed by atoms with Gasteiger partial charge in [-0.3, -0.25) is 4.79 Å². The molecule has 1 aliphatic rings. The lowest BCUT2D eigenvalue weighted by Crippen LogP contribution is -2.43. The van der Waals surface area contributed by atoms with Gasteiger partial charge in [-0.05, 0) is 31.7 Å². The predicted molar refractivity (Wildman–Crippen MR) is 74.7 cm³/mol. The summed E-state index contributed by atoms with van der Waals surface area (Å²) in [5, 5.41) is 0. The minimum absolute atomic E-state index is 0.0822. The van der Waals surface area contributed by atoms with E-state index in [1.54, 1.807) is 6.07 Å². The number of amides is 1. The highest BCUT2D eigenvalue weighted by Gasteiger charge is 2.37. The lowest BCUT2D eigenvalue weighted by atomic mass is 9.98. The second kappa shape index (κ2) is 5.78. The van der Waals surface area contributed by atoms with Crippen LogP contribution in [0, 0.1) is 5.92 Å². The molecule has 1 amide bonds. The second-order valence-electron chi connectivity index (χ2n) is 5.58. The Morgan fingerprint density at radius 1 is 1.53 bits per heavy atom. The molecular weight excluding hydrogens is 240 g/mol. The molecule has 0 aromatic carbocycles. The molecule has 0 saturated heterocycles. The topological polar surface area (TPSA) is 59.5 Å². The van der Waals surface area contributed by atoms with Crippen molar-refractivity contribution >= 4 is 5.91 Å². The molecule has 0 spiro atoms. The first-order valence-electron chi connectivity index (χ1n) is 7.18. The normalized spacial score (nSPS) is 18.1. The van der Waals surface area contributed by atoms with Crippen molar-refractivity contribution in [3.8, 4) is 0 Å². The summed E-state index contributed by atoms with van der Waals surface area (Å²) in [5.41, 5.74) is 6.15. The zero-order valence-electron chi connectivity index (χ0n) is 12.1. The molecule has 1 aromatic heterocycles. The molecule has 19 heavy (non-hydrogen) atoms. The average molecular weight is 264 g/mol. The molecule has 0 bridgehead atoms. The van der Waals surface area contributed by atoms with E-state index in [9.17, 15) is 4.79 Å². The van der Waals surface area contributed by atoms with Crippen molar-refractivity contribution in [1.29, 1.82) is 0 Å². The fraction of sp³-hybridized carbons (Fsp3) is 0.667. The van der Waals surface area contributed by atoms with Gasteiger partial charge in [-0.15, -0.1) is 0 Å². The van der Waals surface area contributed by atoms with Crippen LogP contribution < -0.4 is 5.73 Å². The summed E-state index contributed by atoms with van der Waals surface area (Å²) >= 11 is 0. The fourth-order valence-corrected chi connectivity index (χ4v) is 2.40. The van der Waals surface area contributed by atoms with Crippen molar-refractivity contribution in [2.45, 2.75) is 58.7 Å². The van der Waals surface area contributed by atoms with Gasteiger partial charge in [0.2, 0.25) is 0 Å². The predicted octanol–water partition coefficient (Wildman–Crippen LogP) is 2.78. The minimum atomic E-state index is 0.0822. The van der Waals surface area contributed by atoms with Crippen LogP contribution in [0.4, 0.5) is 0 Å². The molecule has 1 fully saturated rings. The Morgan fingerprint density at radius 2 is 2.21 bits per heavy atom. The van der Waals surface area contributed by atoms with E-state index in [1.165, 1.54) is 6.26 Å². The quantitative estimate of drug-likeness (QED) is 0.859. The van der Waals surface area contributed by atoms with E-state index in [0.29, 0.717) is 29.8 Å². The van der Waals surface area contributed by atoms with Gasteiger partial charge in [-0.1, -0.05) is 20.3 Å². The Balaban J connectivity index is 2.16. The summed E-state index contributed by atoms with van der Waals surface area (Å²) in [6.45, 7) is 6.85. The molecule has 1 aliphatic carbocycles. The van der Waals surface area contributed by atoms with E-state index in [0.717, 1.165) is 19.3 Å². The molecule has 4 nitrogen and oxygen atoms in total. The van der Waals surface area contributed by atoms with Crippen LogP contribution in [-0.4, -0.2) is 22.9 Å². The van der Waals surface area contributed by atoms with Crippen molar-refractivity contribution in [3.63, 3.8) is 0 Å². The van der Waals surface area contributed by atoms with Crippen molar-refractivity contribution in [2.24, 2.45) is 11.7 Å². The number of hydrogen-bond donors (Lipinski definition) is 1. The van der Waals surface area contributed by atoms with Gasteiger partial charge in [0.15, 0.2) is 0 Å². The van der Waals surface area contributed by atoms with Crippen LogP contribution in [0.5, 0.6) is 0 Å². The minimum Gasteiger partial charge on any atom is -0.467 e. The van der Waals surface area contributed by atoms with E-state index >= 15 is 0 Å². The molecule has 1 saturated carbocycles. The van der Waals surface area contributed by atoms with Crippen molar-refractivity contribution in [3.05, 3.63) is 23.7 Å². The van der Waals surface area contributed by atoms with Gasteiger partial charge in [-0.25, -0.2) is 0 Å². The van der Waals surface area contributed by atoms with Gasteiger partial charge < -0.3 is 15.1 Å². The Labute approximate surface area is 114 Å². The molecule has 1 heterocycles. The highest BCUT2D eigenvalue weighted by Crippen LogP contribution is 2.32. The summed E-state index contributed by atoms with van der Waals surface area (Å²) in [7, 11) is 0.